The monoisotopic (exact) mass is 265 g/mol. The van der Waals surface area contributed by atoms with Crippen molar-refractivity contribution in [2.24, 2.45) is 0 Å². The zero-order chi connectivity index (χ0) is 14.0. The first-order chi connectivity index (χ1) is 8.88. The van der Waals surface area contributed by atoms with Gasteiger partial charge in [0.25, 0.3) is 0 Å². The standard InChI is InChI=1S/C15H14F3N/c1-11-3-7-13(8-4-11)19(15(16,17)18)14-9-5-12(2)6-10-14/h3-10H,1-2H3. The van der Waals surface area contributed by atoms with Gasteiger partial charge in [-0.25, -0.2) is 0 Å². The highest BCUT2D eigenvalue weighted by molar-refractivity contribution is 5.64. The van der Waals surface area contributed by atoms with Crippen LogP contribution in [-0.2, 0) is 0 Å². The third-order valence-corrected chi connectivity index (χ3v) is 2.84. The van der Waals surface area contributed by atoms with Crippen LogP contribution in [0.3, 0.4) is 0 Å². The summed E-state index contributed by atoms with van der Waals surface area (Å²) in [5, 5.41) is 0. The predicted molar refractivity (Wildman–Crippen MR) is 70.6 cm³/mol. The highest BCUT2D eigenvalue weighted by atomic mass is 19.4. The molecule has 2 rings (SSSR count). The van der Waals surface area contributed by atoms with Gasteiger partial charge in [0.1, 0.15) is 0 Å². The Morgan fingerprint density at radius 2 is 1.00 bits per heavy atom. The van der Waals surface area contributed by atoms with E-state index in [1.807, 2.05) is 13.8 Å². The van der Waals surface area contributed by atoms with E-state index in [-0.39, 0.29) is 11.4 Å². The number of alkyl halides is 3. The van der Waals surface area contributed by atoms with Gasteiger partial charge in [-0.1, -0.05) is 35.4 Å². The summed E-state index contributed by atoms with van der Waals surface area (Å²) in [5.74, 6) is 0. The number of anilines is 2. The first-order valence-corrected chi connectivity index (χ1v) is 5.88. The van der Waals surface area contributed by atoms with Gasteiger partial charge in [-0.15, -0.1) is 13.2 Å². The number of hydrogen-bond acceptors (Lipinski definition) is 1. The second-order valence-electron chi connectivity index (χ2n) is 4.47. The summed E-state index contributed by atoms with van der Waals surface area (Å²) in [4.78, 5) is 0.381. The summed E-state index contributed by atoms with van der Waals surface area (Å²) in [7, 11) is 0. The lowest BCUT2D eigenvalue weighted by Gasteiger charge is -2.27. The molecule has 0 aliphatic carbocycles. The molecule has 0 saturated heterocycles. The Labute approximate surface area is 110 Å². The van der Waals surface area contributed by atoms with E-state index in [9.17, 15) is 13.2 Å². The Morgan fingerprint density at radius 1 is 0.684 bits per heavy atom. The van der Waals surface area contributed by atoms with Crippen LogP contribution in [0.5, 0.6) is 0 Å². The fraction of sp³-hybridized carbons (Fsp3) is 0.200. The second-order valence-corrected chi connectivity index (χ2v) is 4.47. The molecule has 0 spiro atoms. The van der Waals surface area contributed by atoms with Crippen molar-refractivity contribution in [3.63, 3.8) is 0 Å². The van der Waals surface area contributed by atoms with Crippen molar-refractivity contribution in [1.82, 2.24) is 0 Å². The van der Waals surface area contributed by atoms with Gasteiger partial charge in [-0.05, 0) is 38.1 Å². The van der Waals surface area contributed by atoms with E-state index in [4.69, 9.17) is 0 Å². The van der Waals surface area contributed by atoms with Crippen LogP contribution in [-0.4, -0.2) is 6.30 Å². The molecule has 0 heterocycles. The molecule has 0 aliphatic heterocycles. The second kappa shape index (κ2) is 4.96. The highest BCUT2D eigenvalue weighted by Gasteiger charge is 2.38. The number of aryl methyl sites for hydroxylation is 2. The fourth-order valence-electron chi connectivity index (χ4n) is 1.83. The molecule has 2 aromatic rings. The maximum atomic E-state index is 13.2. The number of rotatable bonds is 2. The number of hydrogen-bond donors (Lipinski definition) is 0. The minimum atomic E-state index is -4.45. The lowest BCUT2D eigenvalue weighted by Crippen LogP contribution is -2.33. The molecule has 0 fully saturated rings. The lowest BCUT2D eigenvalue weighted by molar-refractivity contribution is -0.120. The molecule has 1 nitrogen and oxygen atoms in total. The third-order valence-electron chi connectivity index (χ3n) is 2.84. The molecule has 0 amide bonds. The molecule has 2 aromatic carbocycles. The SMILES string of the molecule is Cc1ccc(N(c2ccc(C)cc2)C(F)(F)F)cc1. The van der Waals surface area contributed by atoms with Gasteiger partial charge < -0.3 is 0 Å². The van der Waals surface area contributed by atoms with Gasteiger partial charge >= 0.3 is 6.30 Å². The van der Waals surface area contributed by atoms with Gasteiger partial charge in [-0.2, -0.15) is 0 Å². The Morgan fingerprint density at radius 3 is 1.26 bits per heavy atom. The van der Waals surface area contributed by atoms with Crippen molar-refractivity contribution in [1.29, 1.82) is 0 Å². The summed E-state index contributed by atoms with van der Waals surface area (Å²) in [6.07, 6.45) is -4.45. The van der Waals surface area contributed by atoms with Gasteiger partial charge in [0, 0.05) is 11.4 Å². The van der Waals surface area contributed by atoms with Gasteiger partial charge in [0.2, 0.25) is 0 Å². The molecule has 0 unspecified atom stereocenters. The van der Waals surface area contributed by atoms with E-state index in [0.717, 1.165) is 11.1 Å². The normalized spacial score (nSPS) is 11.4. The van der Waals surface area contributed by atoms with Crippen LogP contribution >= 0.6 is 0 Å². The first kappa shape index (κ1) is 13.5. The molecule has 19 heavy (non-hydrogen) atoms. The van der Waals surface area contributed by atoms with Crippen molar-refractivity contribution in [2.45, 2.75) is 20.1 Å². The molecule has 4 heteroatoms. The topological polar surface area (TPSA) is 3.24 Å². The Hall–Kier alpha value is -1.97. The quantitative estimate of drug-likeness (QED) is 0.693. The van der Waals surface area contributed by atoms with Crippen molar-refractivity contribution < 1.29 is 13.2 Å². The number of benzene rings is 2. The summed E-state index contributed by atoms with van der Waals surface area (Å²) in [6.45, 7) is 3.68. The molecule has 0 aromatic heterocycles. The molecule has 0 radical (unpaired) electrons. The number of halogens is 3. The molecule has 0 bridgehead atoms. The molecule has 0 N–H and O–H groups in total. The zero-order valence-corrected chi connectivity index (χ0v) is 10.7. The minimum absolute atomic E-state index is 0.113. The predicted octanol–water partition coefficient (Wildman–Crippen LogP) is 4.96. The van der Waals surface area contributed by atoms with Crippen LogP contribution < -0.4 is 4.90 Å². The third kappa shape index (κ3) is 3.08. The van der Waals surface area contributed by atoms with Crippen LogP contribution in [0.2, 0.25) is 0 Å². The maximum absolute atomic E-state index is 13.2. The lowest BCUT2D eigenvalue weighted by atomic mass is 10.2. The summed E-state index contributed by atoms with van der Waals surface area (Å²) >= 11 is 0. The van der Waals surface area contributed by atoms with E-state index in [2.05, 4.69) is 0 Å². The van der Waals surface area contributed by atoms with E-state index in [1.54, 1.807) is 24.3 Å². The fourth-order valence-corrected chi connectivity index (χ4v) is 1.83. The molecular formula is C15H14F3N. The van der Waals surface area contributed by atoms with Crippen LogP contribution in [0, 0.1) is 13.8 Å². The highest BCUT2D eigenvalue weighted by Crippen LogP contribution is 2.36. The van der Waals surface area contributed by atoms with Crippen LogP contribution in [0.25, 0.3) is 0 Å². The molecule has 0 aliphatic rings. The molecule has 100 valence electrons. The summed E-state index contributed by atoms with van der Waals surface area (Å²) in [6, 6.07) is 12.6. The molecule has 0 atom stereocenters. The van der Waals surface area contributed by atoms with E-state index >= 15 is 0 Å². The first-order valence-electron chi connectivity index (χ1n) is 5.88. The summed E-state index contributed by atoms with van der Waals surface area (Å²) in [5.41, 5.74) is 2.08. The van der Waals surface area contributed by atoms with Crippen LogP contribution in [0.4, 0.5) is 24.5 Å². The average Bonchev–Trinajstić information content (AvgIpc) is 2.33. The summed E-state index contributed by atoms with van der Waals surface area (Å²) < 4.78 is 39.7. The smallest absolute Gasteiger partial charge is 0.253 e. The Bertz CT molecular complexity index is 496. The van der Waals surface area contributed by atoms with Crippen LogP contribution in [0.1, 0.15) is 11.1 Å². The Balaban J connectivity index is 2.47. The van der Waals surface area contributed by atoms with E-state index in [1.165, 1.54) is 24.3 Å². The Kier molecular flexibility index (Phi) is 3.51. The minimum Gasteiger partial charge on any atom is -0.253 e. The van der Waals surface area contributed by atoms with Crippen molar-refractivity contribution in [3.05, 3.63) is 59.7 Å². The van der Waals surface area contributed by atoms with Gasteiger partial charge in [0.15, 0.2) is 0 Å². The number of nitrogens with zero attached hydrogens (tertiary/aromatic N) is 1. The van der Waals surface area contributed by atoms with Gasteiger partial charge in [0.05, 0.1) is 0 Å². The molecular weight excluding hydrogens is 251 g/mol. The van der Waals surface area contributed by atoms with Crippen molar-refractivity contribution in [3.8, 4) is 0 Å². The maximum Gasteiger partial charge on any atom is 0.489 e. The van der Waals surface area contributed by atoms with E-state index < -0.39 is 6.30 Å². The van der Waals surface area contributed by atoms with Gasteiger partial charge in [-0.3, -0.25) is 4.90 Å². The largest absolute Gasteiger partial charge is 0.489 e. The van der Waals surface area contributed by atoms with E-state index in [0.29, 0.717) is 4.90 Å². The molecule has 0 saturated carbocycles. The van der Waals surface area contributed by atoms with Crippen LogP contribution in [0.15, 0.2) is 48.5 Å². The van der Waals surface area contributed by atoms with Crippen molar-refractivity contribution >= 4 is 11.4 Å². The van der Waals surface area contributed by atoms with Crippen molar-refractivity contribution in [2.75, 3.05) is 4.90 Å². The average molecular weight is 265 g/mol. The zero-order valence-electron chi connectivity index (χ0n) is 10.7.